The summed E-state index contributed by atoms with van der Waals surface area (Å²) >= 11 is 13.7. The molecule has 0 saturated carbocycles. The summed E-state index contributed by atoms with van der Waals surface area (Å²) < 4.78 is 0. The average Bonchev–Trinajstić information content (AvgIpc) is 2.28. The van der Waals surface area contributed by atoms with Crippen LogP contribution in [0.25, 0.3) is 11.0 Å². The molecule has 0 N–H and O–H groups in total. The van der Waals surface area contributed by atoms with Gasteiger partial charge in [0.1, 0.15) is 5.03 Å². The summed E-state index contributed by atoms with van der Waals surface area (Å²) in [6.07, 6.45) is 2.17. The molecule has 1 aliphatic heterocycles. The predicted molar refractivity (Wildman–Crippen MR) is 68.6 cm³/mol. The molecule has 1 aromatic carbocycles. The monoisotopic (exact) mass is 270 g/mol. The SMILES string of the molecule is Clc1cc2nc3c(nc2cc1Cl)SCCC3. The Morgan fingerprint density at radius 1 is 1.06 bits per heavy atom. The van der Waals surface area contributed by atoms with Crippen molar-refractivity contribution in [1.82, 2.24) is 9.97 Å². The molecule has 0 spiro atoms. The van der Waals surface area contributed by atoms with Gasteiger partial charge in [0.25, 0.3) is 0 Å². The van der Waals surface area contributed by atoms with Crippen LogP contribution in [-0.4, -0.2) is 15.7 Å². The third-order valence-corrected chi connectivity index (χ3v) is 4.35. The van der Waals surface area contributed by atoms with Crippen molar-refractivity contribution < 1.29 is 0 Å². The highest BCUT2D eigenvalue weighted by Crippen LogP contribution is 2.31. The van der Waals surface area contributed by atoms with Crippen molar-refractivity contribution in [3.8, 4) is 0 Å². The Balaban J connectivity index is 2.27. The zero-order chi connectivity index (χ0) is 11.1. The Morgan fingerprint density at radius 3 is 2.50 bits per heavy atom. The zero-order valence-corrected chi connectivity index (χ0v) is 10.7. The number of nitrogens with zero attached hydrogens (tertiary/aromatic N) is 2. The van der Waals surface area contributed by atoms with Crippen LogP contribution in [-0.2, 0) is 6.42 Å². The van der Waals surface area contributed by atoms with Gasteiger partial charge < -0.3 is 0 Å². The zero-order valence-electron chi connectivity index (χ0n) is 8.33. The summed E-state index contributed by atoms with van der Waals surface area (Å²) in [5, 5.41) is 2.10. The van der Waals surface area contributed by atoms with Gasteiger partial charge in [0.05, 0.1) is 26.8 Å². The molecule has 1 aromatic heterocycles. The summed E-state index contributed by atoms with van der Waals surface area (Å²) in [6, 6.07) is 3.56. The van der Waals surface area contributed by atoms with Crippen LogP contribution in [0.4, 0.5) is 0 Å². The van der Waals surface area contributed by atoms with E-state index < -0.39 is 0 Å². The fraction of sp³-hybridized carbons (Fsp3) is 0.273. The van der Waals surface area contributed by atoms with Crippen LogP contribution in [0.3, 0.4) is 0 Å². The van der Waals surface area contributed by atoms with Crippen molar-refractivity contribution in [1.29, 1.82) is 0 Å². The van der Waals surface area contributed by atoms with Crippen LogP contribution in [0.5, 0.6) is 0 Å². The molecule has 5 heteroatoms. The molecule has 0 radical (unpaired) electrons. The van der Waals surface area contributed by atoms with Gasteiger partial charge >= 0.3 is 0 Å². The van der Waals surface area contributed by atoms with E-state index in [1.54, 1.807) is 23.9 Å². The molecule has 2 aromatic rings. The standard InChI is InChI=1S/C11H8Cl2N2S/c12-6-4-9-10(5-7(6)13)15-11-8(14-9)2-1-3-16-11/h4-5H,1-3H2. The largest absolute Gasteiger partial charge is 0.248 e. The van der Waals surface area contributed by atoms with Crippen molar-refractivity contribution >= 4 is 46.0 Å². The number of fused-ring (bicyclic) bond motifs is 2. The normalized spacial score (nSPS) is 15.1. The molecule has 0 amide bonds. The predicted octanol–water partition coefficient (Wildman–Crippen LogP) is 3.97. The van der Waals surface area contributed by atoms with E-state index >= 15 is 0 Å². The molecular formula is C11H8Cl2N2S. The topological polar surface area (TPSA) is 25.8 Å². The number of halogens is 2. The highest BCUT2D eigenvalue weighted by molar-refractivity contribution is 7.99. The molecule has 0 aliphatic carbocycles. The maximum Gasteiger partial charge on any atom is 0.118 e. The maximum absolute atomic E-state index is 5.97. The lowest BCUT2D eigenvalue weighted by Gasteiger charge is -2.13. The first kappa shape index (κ1) is 10.6. The molecule has 1 aliphatic rings. The molecule has 0 bridgehead atoms. The summed E-state index contributed by atoms with van der Waals surface area (Å²) in [7, 11) is 0. The highest BCUT2D eigenvalue weighted by atomic mass is 35.5. The lowest BCUT2D eigenvalue weighted by atomic mass is 10.2. The Kier molecular flexibility index (Phi) is 2.70. The van der Waals surface area contributed by atoms with Gasteiger partial charge in [0.2, 0.25) is 0 Å². The second-order valence-electron chi connectivity index (χ2n) is 3.68. The number of thioether (sulfide) groups is 1. The first-order chi connectivity index (χ1) is 7.74. The fourth-order valence-corrected chi connectivity index (χ4v) is 3.03. The molecule has 82 valence electrons. The number of benzene rings is 1. The van der Waals surface area contributed by atoms with Crippen molar-refractivity contribution in [3.63, 3.8) is 0 Å². The molecule has 16 heavy (non-hydrogen) atoms. The number of hydrogen-bond acceptors (Lipinski definition) is 3. The number of aryl methyl sites for hydroxylation is 1. The summed E-state index contributed by atoms with van der Waals surface area (Å²) in [6.45, 7) is 0. The number of rotatable bonds is 0. The Bertz CT molecular complexity index is 521. The van der Waals surface area contributed by atoms with E-state index in [9.17, 15) is 0 Å². The molecular weight excluding hydrogens is 263 g/mol. The van der Waals surface area contributed by atoms with Gasteiger partial charge in [-0.25, -0.2) is 9.97 Å². The highest BCUT2D eigenvalue weighted by Gasteiger charge is 2.14. The second-order valence-corrected chi connectivity index (χ2v) is 5.58. The quantitative estimate of drug-likeness (QED) is 0.725. The number of hydrogen-bond donors (Lipinski definition) is 0. The van der Waals surface area contributed by atoms with Crippen molar-refractivity contribution in [2.75, 3.05) is 5.75 Å². The van der Waals surface area contributed by atoms with Gasteiger partial charge in [-0.15, -0.1) is 11.8 Å². The lowest BCUT2D eigenvalue weighted by molar-refractivity contribution is 0.825. The number of aromatic nitrogens is 2. The van der Waals surface area contributed by atoms with Crippen LogP contribution in [0.2, 0.25) is 10.0 Å². The van der Waals surface area contributed by atoms with E-state index in [2.05, 4.69) is 9.97 Å². The Labute approximate surface area is 107 Å². The molecule has 0 fully saturated rings. The Hall–Kier alpha value is -0.510. The average molecular weight is 271 g/mol. The molecule has 0 saturated heterocycles. The van der Waals surface area contributed by atoms with Gasteiger partial charge in [-0.3, -0.25) is 0 Å². The van der Waals surface area contributed by atoms with E-state index in [1.165, 1.54) is 6.42 Å². The van der Waals surface area contributed by atoms with Crippen molar-refractivity contribution in [2.45, 2.75) is 17.9 Å². The minimum atomic E-state index is 0.532. The fourth-order valence-electron chi connectivity index (χ4n) is 1.76. The second kappa shape index (κ2) is 4.06. The van der Waals surface area contributed by atoms with Crippen LogP contribution < -0.4 is 0 Å². The van der Waals surface area contributed by atoms with Gasteiger partial charge in [-0.05, 0) is 30.7 Å². The third kappa shape index (κ3) is 1.77. The first-order valence-corrected chi connectivity index (χ1v) is 6.76. The summed E-state index contributed by atoms with van der Waals surface area (Å²) in [5.74, 6) is 1.12. The van der Waals surface area contributed by atoms with Gasteiger partial charge in [0, 0.05) is 0 Å². The minimum Gasteiger partial charge on any atom is -0.248 e. The van der Waals surface area contributed by atoms with Crippen LogP contribution in [0, 0.1) is 0 Å². The molecule has 2 nitrogen and oxygen atoms in total. The van der Waals surface area contributed by atoms with E-state index in [1.807, 2.05) is 0 Å². The van der Waals surface area contributed by atoms with Crippen molar-refractivity contribution in [2.24, 2.45) is 0 Å². The third-order valence-electron chi connectivity index (χ3n) is 2.54. The molecule has 3 rings (SSSR count). The van der Waals surface area contributed by atoms with Gasteiger partial charge in [-0.1, -0.05) is 23.2 Å². The molecule has 2 heterocycles. The summed E-state index contributed by atoms with van der Waals surface area (Å²) in [4.78, 5) is 9.17. The minimum absolute atomic E-state index is 0.532. The van der Waals surface area contributed by atoms with E-state index in [0.717, 1.165) is 33.9 Å². The Morgan fingerprint density at radius 2 is 1.75 bits per heavy atom. The van der Waals surface area contributed by atoms with E-state index in [4.69, 9.17) is 23.2 Å². The van der Waals surface area contributed by atoms with Crippen LogP contribution >= 0.6 is 35.0 Å². The molecule has 0 atom stereocenters. The van der Waals surface area contributed by atoms with Crippen LogP contribution in [0.1, 0.15) is 12.1 Å². The van der Waals surface area contributed by atoms with E-state index in [-0.39, 0.29) is 0 Å². The van der Waals surface area contributed by atoms with Gasteiger partial charge in [0.15, 0.2) is 0 Å². The van der Waals surface area contributed by atoms with Gasteiger partial charge in [-0.2, -0.15) is 0 Å². The van der Waals surface area contributed by atoms with Crippen LogP contribution in [0.15, 0.2) is 17.2 Å². The maximum atomic E-state index is 5.97. The van der Waals surface area contributed by atoms with Crippen molar-refractivity contribution in [3.05, 3.63) is 27.9 Å². The smallest absolute Gasteiger partial charge is 0.118 e. The van der Waals surface area contributed by atoms with E-state index in [0.29, 0.717) is 10.0 Å². The summed E-state index contributed by atoms with van der Waals surface area (Å²) in [5.41, 5.74) is 2.74. The lowest BCUT2D eigenvalue weighted by Crippen LogP contribution is -2.04. The first-order valence-electron chi connectivity index (χ1n) is 5.02. The molecule has 0 unspecified atom stereocenters.